The number of piperidine rings is 1. The van der Waals surface area contributed by atoms with Crippen molar-refractivity contribution in [1.82, 2.24) is 4.90 Å². The number of halogens is 2. The van der Waals surface area contributed by atoms with Gasteiger partial charge in [0.15, 0.2) is 0 Å². The van der Waals surface area contributed by atoms with E-state index in [4.69, 9.17) is 23.2 Å². The zero-order valence-electron chi connectivity index (χ0n) is 15.6. The fraction of sp³-hybridized carbons (Fsp3) is 0.381. The molecule has 0 bridgehead atoms. The van der Waals surface area contributed by atoms with Gasteiger partial charge in [-0.1, -0.05) is 41.4 Å². The number of nitrogens with one attached hydrogen (secondary N) is 1. The largest absolute Gasteiger partial charge is 0.465 e. The third-order valence-electron chi connectivity index (χ3n) is 6.13. The minimum atomic E-state index is -0.829. The summed E-state index contributed by atoms with van der Waals surface area (Å²) in [7, 11) is 0. The lowest BCUT2D eigenvalue weighted by molar-refractivity contribution is 0.126. The summed E-state index contributed by atoms with van der Waals surface area (Å²) >= 11 is 14.4. The molecule has 3 heterocycles. The van der Waals surface area contributed by atoms with Crippen LogP contribution < -0.4 is 10.2 Å². The molecule has 0 saturated carbocycles. The highest BCUT2D eigenvalue weighted by molar-refractivity contribution is 7.98. The molecular formula is C21H21Cl2N3O2S. The first-order chi connectivity index (χ1) is 14.0. The van der Waals surface area contributed by atoms with Gasteiger partial charge in [-0.2, -0.15) is 11.8 Å². The first kappa shape index (κ1) is 19.2. The minimum Gasteiger partial charge on any atom is -0.465 e. The van der Waals surface area contributed by atoms with Gasteiger partial charge in [-0.3, -0.25) is 0 Å². The number of rotatable bonds is 2. The van der Waals surface area contributed by atoms with Gasteiger partial charge in [0.25, 0.3) is 0 Å². The van der Waals surface area contributed by atoms with Crippen molar-refractivity contribution in [2.75, 3.05) is 29.1 Å². The molecule has 0 aliphatic carbocycles. The molecule has 2 N–H and O–H groups in total. The Morgan fingerprint density at radius 1 is 1.24 bits per heavy atom. The molecule has 1 fully saturated rings. The van der Waals surface area contributed by atoms with Crippen LogP contribution in [0.15, 0.2) is 36.4 Å². The average molecular weight is 450 g/mol. The fourth-order valence-corrected chi connectivity index (χ4v) is 6.41. The molecule has 2 aromatic carbocycles. The second-order valence-corrected chi connectivity index (χ2v) is 9.63. The summed E-state index contributed by atoms with van der Waals surface area (Å²) in [6.07, 6.45) is 0.0692. The summed E-state index contributed by atoms with van der Waals surface area (Å²) in [5, 5.41) is 14.4. The van der Waals surface area contributed by atoms with Gasteiger partial charge < -0.3 is 20.2 Å². The van der Waals surface area contributed by atoms with Crippen LogP contribution in [0.5, 0.6) is 0 Å². The van der Waals surface area contributed by atoms with E-state index < -0.39 is 6.09 Å². The molecular weight excluding hydrogens is 429 g/mol. The fourth-order valence-electron chi connectivity index (χ4n) is 4.90. The summed E-state index contributed by atoms with van der Waals surface area (Å²) in [6, 6.07) is 12.3. The van der Waals surface area contributed by atoms with E-state index in [1.807, 2.05) is 23.9 Å². The number of benzene rings is 2. The summed E-state index contributed by atoms with van der Waals surface area (Å²) in [4.78, 5) is 15.6. The maximum atomic E-state index is 11.6. The van der Waals surface area contributed by atoms with E-state index >= 15 is 0 Å². The normalized spacial score (nSPS) is 25.2. The van der Waals surface area contributed by atoms with Gasteiger partial charge in [-0.05, 0) is 35.7 Å². The summed E-state index contributed by atoms with van der Waals surface area (Å²) < 4.78 is 0. The molecule has 3 aliphatic heterocycles. The second-order valence-electron chi connectivity index (χ2n) is 7.75. The molecule has 0 spiro atoms. The van der Waals surface area contributed by atoms with E-state index in [2.05, 4.69) is 28.4 Å². The van der Waals surface area contributed by atoms with Crippen molar-refractivity contribution in [3.63, 3.8) is 0 Å². The minimum absolute atomic E-state index is 0.0763. The zero-order valence-corrected chi connectivity index (χ0v) is 18.0. The lowest BCUT2D eigenvalue weighted by Crippen LogP contribution is -2.53. The number of fused-ring (bicyclic) bond motifs is 3. The van der Waals surface area contributed by atoms with Gasteiger partial charge in [-0.15, -0.1) is 0 Å². The average Bonchev–Trinajstić information content (AvgIpc) is 2.91. The molecule has 8 heteroatoms. The number of hydrogen-bond acceptors (Lipinski definition) is 4. The van der Waals surface area contributed by atoms with Crippen LogP contribution in [-0.4, -0.2) is 47.1 Å². The molecule has 152 valence electrons. The number of para-hydroxylation sites is 1. The molecule has 5 nitrogen and oxygen atoms in total. The Balaban J connectivity index is 1.53. The lowest BCUT2D eigenvalue weighted by atomic mass is 9.89. The number of anilines is 2. The quantitative estimate of drug-likeness (QED) is 0.648. The second kappa shape index (κ2) is 7.49. The summed E-state index contributed by atoms with van der Waals surface area (Å²) in [6.45, 7) is 1.12. The molecule has 29 heavy (non-hydrogen) atoms. The number of carbonyl (C=O) groups is 1. The van der Waals surface area contributed by atoms with Crippen molar-refractivity contribution < 1.29 is 9.90 Å². The van der Waals surface area contributed by atoms with Crippen molar-refractivity contribution in [1.29, 1.82) is 0 Å². The van der Waals surface area contributed by atoms with E-state index in [1.165, 1.54) is 16.8 Å². The van der Waals surface area contributed by atoms with Crippen LogP contribution in [-0.2, 0) is 5.75 Å². The van der Waals surface area contributed by atoms with Crippen LogP contribution in [0.2, 0.25) is 10.0 Å². The summed E-state index contributed by atoms with van der Waals surface area (Å²) in [5.41, 5.74) is 4.75. The Bertz CT molecular complexity index is 973. The van der Waals surface area contributed by atoms with E-state index in [0.717, 1.165) is 23.6 Å². The Kier molecular flexibility index (Phi) is 4.96. The molecule has 5 rings (SSSR count). The molecule has 3 atom stereocenters. The van der Waals surface area contributed by atoms with Crippen LogP contribution in [0.4, 0.5) is 16.2 Å². The van der Waals surface area contributed by atoms with Gasteiger partial charge >= 0.3 is 6.09 Å². The number of hydrogen-bond donors (Lipinski definition) is 2. The van der Waals surface area contributed by atoms with Crippen molar-refractivity contribution in [3.8, 4) is 0 Å². The van der Waals surface area contributed by atoms with Gasteiger partial charge in [0.1, 0.15) is 6.17 Å². The third-order valence-corrected chi connectivity index (χ3v) is 7.75. The maximum Gasteiger partial charge on any atom is 0.407 e. The number of nitrogens with zero attached hydrogens (tertiary/aromatic N) is 2. The van der Waals surface area contributed by atoms with Gasteiger partial charge in [-0.25, -0.2) is 4.79 Å². The SMILES string of the molecule is O=C(O)N1CCC2C(C1)c1cccc3c1N2C(Nc1ccc(Cl)cc1Cl)CSC3. The number of thioether (sulfide) groups is 1. The van der Waals surface area contributed by atoms with E-state index in [1.54, 1.807) is 11.0 Å². The van der Waals surface area contributed by atoms with Gasteiger partial charge in [0.2, 0.25) is 0 Å². The Hall–Kier alpha value is -1.76. The van der Waals surface area contributed by atoms with Crippen molar-refractivity contribution in [2.45, 2.75) is 30.3 Å². The molecule has 1 saturated heterocycles. The van der Waals surface area contributed by atoms with Gasteiger partial charge in [0.05, 0.1) is 10.7 Å². The van der Waals surface area contributed by atoms with Crippen molar-refractivity contribution in [2.24, 2.45) is 0 Å². The Morgan fingerprint density at radius 3 is 2.90 bits per heavy atom. The number of carboxylic acid groups (broad SMARTS) is 1. The van der Waals surface area contributed by atoms with E-state index in [0.29, 0.717) is 23.1 Å². The predicted molar refractivity (Wildman–Crippen MR) is 120 cm³/mol. The van der Waals surface area contributed by atoms with Crippen molar-refractivity contribution in [3.05, 3.63) is 57.6 Å². The highest BCUT2D eigenvalue weighted by Crippen LogP contribution is 2.50. The highest BCUT2D eigenvalue weighted by atomic mass is 35.5. The molecule has 2 aromatic rings. The van der Waals surface area contributed by atoms with E-state index in [9.17, 15) is 9.90 Å². The zero-order chi connectivity index (χ0) is 20.1. The van der Waals surface area contributed by atoms with Crippen molar-refractivity contribution >= 4 is 52.4 Å². The first-order valence-corrected chi connectivity index (χ1v) is 11.6. The highest BCUT2D eigenvalue weighted by Gasteiger charge is 2.47. The standard InChI is InChI=1S/C21H21Cl2N3O2S/c22-13-4-5-17(16(23)8-13)24-19-11-29-10-12-2-1-3-14-15-9-25(21(27)28)7-6-18(15)26(19)20(12)14/h1-5,8,15,18-19,24H,6-7,9-11H2,(H,27,28). The lowest BCUT2D eigenvalue weighted by Gasteiger charge is -2.41. The number of amides is 1. The third kappa shape index (κ3) is 3.31. The topological polar surface area (TPSA) is 55.8 Å². The summed E-state index contributed by atoms with van der Waals surface area (Å²) in [5.74, 6) is 2.07. The first-order valence-electron chi connectivity index (χ1n) is 9.70. The smallest absolute Gasteiger partial charge is 0.407 e. The molecule has 1 amide bonds. The monoisotopic (exact) mass is 449 g/mol. The maximum absolute atomic E-state index is 11.6. The molecule has 3 aliphatic rings. The molecule has 0 radical (unpaired) electrons. The Labute approximate surface area is 184 Å². The van der Waals surface area contributed by atoms with Gasteiger partial charge in [0, 0.05) is 47.3 Å². The van der Waals surface area contributed by atoms with Crippen LogP contribution in [0.25, 0.3) is 0 Å². The molecule has 3 unspecified atom stereocenters. The number of likely N-dealkylation sites (tertiary alicyclic amines) is 1. The van der Waals surface area contributed by atoms with Crippen LogP contribution >= 0.6 is 35.0 Å². The van der Waals surface area contributed by atoms with Crippen LogP contribution in [0.3, 0.4) is 0 Å². The van der Waals surface area contributed by atoms with Crippen LogP contribution in [0, 0.1) is 0 Å². The van der Waals surface area contributed by atoms with Crippen LogP contribution in [0.1, 0.15) is 23.5 Å². The predicted octanol–water partition coefficient (Wildman–Crippen LogP) is 5.33. The Morgan fingerprint density at radius 2 is 2.10 bits per heavy atom. The van der Waals surface area contributed by atoms with E-state index in [-0.39, 0.29) is 18.1 Å². The molecule has 0 aromatic heterocycles.